The maximum Gasteiger partial charge on any atom is 0.212 e. The van der Waals surface area contributed by atoms with Gasteiger partial charge in [0, 0.05) is 6.04 Å². The summed E-state index contributed by atoms with van der Waals surface area (Å²) in [6, 6.07) is 9.59. The van der Waals surface area contributed by atoms with E-state index >= 15 is 0 Å². The van der Waals surface area contributed by atoms with Crippen LogP contribution in [0, 0.1) is 0 Å². The van der Waals surface area contributed by atoms with Crippen LogP contribution in [0.15, 0.2) is 30.3 Å². The second kappa shape index (κ2) is 9.10. The second-order valence-corrected chi connectivity index (χ2v) is 6.74. The van der Waals surface area contributed by atoms with Crippen LogP contribution in [-0.2, 0) is 10.0 Å². The quantitative estimate of drug-likeness (QED) is 0.652. The summed E-state index contributed by atoms with van der Waals surface area (Å²) in [6.07, 6.45) is 2.32. The van der Waals surface area contributed by atoms with Crippen LogP contribution in [0.3, 0.4) is 0 Å². The summed E-state index contributed by atoms with van der Waals surface area (Å²) >= 11 is 0. The van der Waals surface area contributed by atoms with Crippen molar-refractivity contribution in [2.24, 2.45) is 0 Å². The van der Waals surface area contributed by atoms with Gasteiger partial charge >= 0.3 is 0 Å². The third-order valence-corrected chi connectivity index (χ3v) is 4.67. The Kier molecular flexibility index (Phi) is 7.80. The van der Waals surface area contributed by atoms with E-state index in [4.69, 9.17) is 0 Å². The Balaban J connectivity index is 2.47. The van der Waals surface area contributed by atoms with Gasteiger partial charge in [0.15, 0.2) is 0 Å². The van der Waals surface area contributed by atoms with Gasteiger partial charge in [-0.2, -0.15) is 0 Å². The number of hydrogen-bond donors (Lipinski definition) is 2. The van der Waals surface area contributed by atoms with Gasteiger partial charge in [-0.3, -0.25) is 0 Å². The van der Waals surface area contributed by atoms with E-state index < -0.39 is 10.0 Å². The molecule has 0 spiro atoms. The maximum atomic E-state index is 12.1. The summed E-state index contributed by atoms with van der Waals surface area (Å²) < 4.78 is 27.0. The highest BCUT2D eigenvalue weighted by Crippen LogP contribution is 2.17. The Morgan fingerprint density at radius 2 is 1.80 bits per heavy atom. The molecule has 4 nitrogen and oxygen atoms in total. The molecule has 20 heavy (non-hydrogen) atoms. The van der Waals surface area contributed by atoms with Crippen molar-refractivity contribution >= 4 is 10.0 Å². The Bertz CT molecular complexity index is 460. The van der Waals surface area contributed by atoms with Crippen LogP contribution >= 0.6 is 0 Å². The first kappa shape index (κ1) is 17.1. The van der Waals surface area contributed by atoms with Gasteiger partial charge in [-0.15, -0.1) is 0 Å². The summed E-state index contributed by atoms with van der Waals surface area (Å²) in [5.74, 6) is 0.196. The van der Waals surface area contributed by atoms with E-state index in [0.717, 1.165) is 31.5 Å². The molecular formula is C15H26N2O2S. The first-order valence-electron chi connectivity index (χ1n) is 7.34. The molecule has 114 valence electrons. The summed E-state index contributed by atoms with van der Waals surface area (Å²) in [7, 11) is -3.21. The summed E-state index contributed by atoms with van der Waals surface area (Å²) in [6.45, 7) is 5.84. The van der Waals surface area contributed by atoms with E-state index in [1.54, 1.807) is 0 Å². The van der Waals surface area contributed by atoms with Gasteiger partial charge < -0.3 is 5.32 Å². The number of rotatable bonds is 10. The van der Waals surface area contributed by atoms with Crippen molar-refractivity contribution in [3.05, 3.63) is 35.9 Å². The average molecular weight is 298 g/mol. The van der Waals surface area contributed by atoms with Crippen LogP contribution in [0.4, 0.5) is 0 Å². The van der Waals surface area contributed by atoms with Gasteiger partial charge in [-0.25, -0.2) is 13.1 Å². The lowest BCUT2D eigenvalue weighted by Crippen LogP contribution is -2.30. The molecule has 0 saturated heterocycles. The van der Waals surface area contributed by atoms with E-state index in [-0.39, 0.29) is 11.8 Å². The Morgan fingerprint density at radius 1 is 1.10 bits per heavy atom. The van der Waals surface area contributed by atoms with Gasteiger partial charge in [-0.05, 0) is 37.9 Å². The molecule has 1 aromatic carbocycles. The molecule has 1 atom stereocenters. The molecule has 0 radical (unpaired) electrons. The van der Waals surface area contributed by atoms with Crippen LogP contribution in [0.2, 0.25) is 0 Å². The minimum atomic E-state index is -3.21. The highest BCUT2D eigenvalue weighted by Gasteiger charge is 2.17. The fourth-order valence-corrected chi connectivity index (χ4v) is 3.51. The SMILES string of the molecule is CCNCCCCS(=O)(=O)NC(CC)c1ccccc1. The fraction of sp³-hybridized carbons (Fsp3) is 0.600. The van der Waals surface area contributed by atoms with Gasteiger partial charge in [0.05, 0.1) is 5.75 Å². The third-order valence-electron chi connectivity index (χ3n) is 3.20. The minimum Gasteiger partial charge on any atom is -0.317 e. The molecule has 0 heterocycles. The van der Waals surface area contributed by atoms with Crippen molar-refractivity contribution in [1.82, 2.24) is 10.0 Å². The van der Waals surface area contributed by atoms with E-state index in [9.17, 15) is 8.42 Å². The molecular weight excluding hydrogens is 272 g/mol. The van der Waals surface area contributed by atoms with Crippen molar-refractivity contribution in [3.63, 3.8) is 0 Å². The van der Waals surface area contributed by atoms with Gasteiger partial charge in [0.25, 0.3) is 0 Å². The Hall–Kier alpha value is -0.910. The molecule has 0 amide bonds. The molecule has 0 fully saturated rings. The molecule has 1 aromatic rings. The fourth-order valence-electron chi connectivity index (χ4n) is 2.07. The third kappa shape index (κ3) is 6.50. The predicted octanol–water partition coefficient (Wildman–Crippen LogP) is 2.45. The van der Waals surface area contributed by atoms with E-state index in [1.807, 2.05) is 44.2 Å². The zero-order valence-electron chi connectivity index (χ0n) is 12.4. The highest BCUT2D eigenvalue weighted by atomic mass is 32.2. The molecule has 5 heteroatoms. The van der Waals surface area contributed by atoms with Gasteiger partial charge in [0.2, 0.25) is 10.0 Å². The van der Waals surface area contributed by atoms with Crippen molar-refractivity contribution in [1.29, 1.82) is 0 Å². The molecule has 0 aromatic heterocycles. The van der Waals surface area contributed by atoms with Crippen LogP contribution < -0.4 is 10.0 Å². The van der Waals surface area contributed by atoms with Crippen molar-refractivity contribution in [2.45, 2.75) is 39.2 Å². The molecule has 2 N–H and O–H groups in total. The van der Waals surface area contributed by atoms with Gasteiger partial charge in [-0.1, -0.05) is 44.2 Å². The van der Waals surface area contributed by atoms with E-state index in [2.05, 4.69) is 10.0 Å². The molecule has 0 bridgehead atoms. The lowest BCUT2D eigenvalue weighted by molar-refractivity contribution is 0.545. The summed E-state index contributed by atoms with van der Waals surface area (Å²) in [5.41, 5.74) is 1.02. The molecule has 0 aliphatic heterocycles. The lowest BCUT2D eigenvalue weighted by Gasteiger charge is -2.17. The van der Waals surface area contributed by atoms with Crippen LogP contribution in [-0.4, -0.2) is 27.3 Å². The number of benzene rings is 1. The van der Waals surface area contributed by atoms with Crippen LogP contribution in [0.1, 0.15) is 44.7 Å². The molecule has 0 aliphatic carbocycles. The summed E-state index contributed by atoms with van der Waals surface area (Å²) in [4.78, 5) is 0. The van der Waals surface area contributed by atoms with Crippen molar-refractivity contribution < 1.29 is 8.42 Å². The molecule has 1 unspecified atom stereocenters. The zero-order valence-corrected chi connectivity index (χ0v) is 13.2. The second-order valence-electron chi connectivity index (χ2n) is 4.87. The highest BCUT2D eigenvalue weighted by molar-refractivity contribution is 7.89. The Morgan fingerprint density at radius 3 is 2.40 bits per heavy atom. The Labute approximate surface area is 123 Å². The monoisotopic (exact) mass is 298 g/mol. The number of nitrogens with one attached hydrogen (secondary N) is 2. The zero-order chi connectivity index (χ0) is 14.8. The van der Waals surface area contributed by atoms with Crippen LogP contribution in [0.5, 0.6) is 0 Å². The van der Waals surface area contributed by atoms with Crippen molar-refractivity contribution in [2.75, 3.05) is 18.8 Å². The largest absolute Gasteiger partial charge is 0.317 e. The van der Waals surface area contributed by atoms with E-state index in [0.29, 0.717) is 6.42 Å². The normalized spacial score (nSPS) is 13.3. The predicted molar refractivity (Wildman–Crippen MR) is 84.2 cm³/mol. The minimum absolute atomic E-state index is 0.130. The van der Waals surface area contributed by atoms with Crippen LogP contribution in [0.25, 0.3) is 0 Å². The molecule has 0 aliphatic rings. The molecule has 1 rings (SSSR count). The topological polar surface area (TPSA) is 58.2 Å². The number of sulfonamides is 1. The first-order chi connectivity index (χ1) is 9.59. The molecule has 0 saturated carbocycles. The van der Waals surface area contributed by atoms with E-state index in [1.165, 1.54) is 0 Å². The average Bonchev–Trinajstić information content (AvgIpc) is 2.45. The number of unbranched alkanes of at least 4 members (excludes halogenated alkanes) is 1. The first-order valence-corrected chi connectivity index (χ1v) is 9.00. The lowest BCUT2D eigenvalue weighted by atomic mass is 10.1. The van der Waals surface area contributed by atoms with Gasteiger partial charge in [0.1, 0.15) is 0 Å². The maximum absolute atomic E-state index is 12.1. The smallest absolute Gasteiger partial charge is 0.212 e. The summed E-state index contributed by atoms with van der Waals surface area (Å²) in [5, 5.41) is 3.20. The van der Waals surface area contributed by atoms with Crippen molar-refractivity contribution in [3.8, 4) is 0 Å². The standard InChI is InChI=1S/C15H26N2O2S/c1-3-15(14-10-6-5-7-11-14)17-20(18,19)13-9-8-12-16-4-2/h5-7,10-11,15-17H,3-4,8-9,12-13H2,1-2H3. The number of hydrogen-bond acceptors (Lipinski definition) is 3.